The number of carboxylic acids is 1. The van der Waals surface area contributed by atoms with E-state index >= 15 is 0 Å². The highest BCUT2D eigenvalue weighted by molar-refractivity contribution is 7.13. The highest BCUT2D eigenvalue weighted by Crippen LogP contribution is 2.21. The Morgan fingerprint density at radius 1 is 1.19 bits per heavy atom. The minimum absolute atomic E-state index is 0.0233. The van der Waals surface area contributed by atoms with Gasteiger partial charge in [0.05, 0.1) is 0 Å². The molecule has 1 N–H and O–H groups in total. The largest absolute Gasteiger partial charge is 0.477 e. The van der Waals surface area contributed by atoms with Crippen molar-refractivity contribution in [3.8, 4) is 0 Å². The first-order chi connectivity index (χ1) is 9.77. The fraction of sp³-hybridized carbons (Fsp3) is 0.500. The lowest BCUT2D eigenvalue weighted by molar-refractivity contribution is -0.187. The van der Waals surface area contributed by atoms with Crippen LogP contribution in [0.1, 0.15) is 14.5 Å². The predicted molar refractivity (Wildman–Crippen MR) is 69.2 cm³/mol. The Morgan fingerprint density at radius 3 is 2.29 bits per heavy atom. The van der Waals surface area contributed by atoms with Gasteiger partial charge in [-0.3, -0.25) is 9.69 Å². The van der Waals surface area contributed by atoms with Gasteiger partial charge in [0.2, 0.25) is 0 Å². The summed E-state index contributed by atoms with van der Waals surface area (Å²) in [5.41, 5.74) is 0. The van der Waals surface area contributed by atoms with Crippen molar-refractivity contribution in [2.45, 2.75) is 12.7 Å². The minimum Gasteiger partial charge on any atom is -0.477 e. The van der Waals surface area contributed by atoms with E-state index in [-0.39, 0.29) is 18.0 Å². The summed E-state index contributed by atoms with van der Waals surface area (Å²) in [4.78, 5) is 25.6. The van der Waals surface area contributed by atoms with Crippen LogP contribution in [-0.2, 0) is 11.3 Å². The average molecular weight is 322 g/mol. The minimum atomic E-state index is -4.83. The predicted octanol–water partition coefficient (Wildman–Crippen LogP) is 1.65. The van der Waals surface area contributed by atoms with Gasteiger partial charge in [-0.15, -0.1) is 11.3 Å². The van der Waals surface area contributed by atoms with Crippen molar-refractivity contribution in [1.29, 1.82) is 0 Å². The van der Waals surface area contributed by atoms with Crippen molar-refractivity contribution in [3.63, 3.8) is 0 Å². The van der Waals surface area contributed by atoms with E-state index in [4.69, 9.17) is 5.11 Å². The van der Waals surface area contributed by atoms with Crippen LogP contribution < -0.4 is 0 Å². The number of carboxylic acid groups (broad SMARTS) is 1. The maximum absolute atomic E-state index is 12.3. The van der Waals surface area contributed by atoms with Gasteiger partial charge in [0.25, 0.3) is 0 Å². The van der Waals surface area contributed by atoms with Crippen molar-refractivity contribution in [2.24, 2.45) is 0 Å². The molecule has 116 valence electrons. The molecule has 2 rings (SSSR count). The van der Waals surface area contributed by atoms with Crippen LogP contribution in [0.3, 0.4) is 0 Å². The molecule has 9 heteroatoms. The molecule has 0 aromatic carbocycles. The summed E-state index contributed by atoms with van der Waals surface area (Å²) in [5, 5.41) is 8.82. The Morgan fingerprint density at radius 2 is 1.81 bits per heavy atom. The molecule has 1 amide bonds. The van der Waals surface area contributed by atoms with Crippen molar-refractivity contribution < 1.29 is 27.9 Å². The number of carbonyl (C=O) groups excluding carboxylic acids is 1. The van der Waals surface area contributed by atoms with Crippen LogP contribution in [0, 0.1) is 0 Å². The van der Waals surface area contributed by atoms with Gasteiger partial charge in [-0.05, 0) is 12.1 Å². The van der Waals surface area contributed by atoms with Gasteiger partial charge in [0, 0.05) is 37.6 Å². The van der Waals surface area contributed by atoms with Crippen molar-refractivity contribution in [2.75, 3.05) is 26.2 Å². The van der Waals surface area contributed by atoms with Crippen LogP contribution in [0.4, 0.5) is 13.2 Å². The number of hydrogen-bond acceptors (Lipinski definition) is 4. The maximum atomic E-state index is 12.3. The Hall–Kier alpha value is -1.61. The average Bonchev–Trinajstić information content (AvgIpc) is 2.86. The molecule has 1 aromatic rings. The number of halogens is 3. The third-order valence-electron chi connectivity index (χ3n) is 3.15. The van der Waals surface area contributed by atoms with Crippen LogP contribution in [0.2, 0.25) is 0 Å². The number of alkyl halides is 3. The first kappa shape index (κ1) is 15.8. The Bertz CT molecular complexity index is 536. The van der Waals surface area contributed by atoms with Crippen LogP contribution in [0.5, 0.6) is 0 Å². The second kappa shape index (κ2) is 6.02. The highest BCUT2D eigenvalue weighted by atomic mass is 32.1. The van der Waals surface area contributed by atoms with E-state index in [2.05, 4.69) is 0 Å². The number of amides is 1. The van der Waals surface area contributed by atoms with E-state index in [0.29, 0.717) is 19.6 Å². The molecule has 1 aromatic heterocycles. The van der Waals surface area contributed by atoms with Gasteiger partial charge in [-0.2, -0.15) is 13.2 Å². The number of thiophene rings is 1. The number of piperazine rings is 1. The van der Waals surface area contributed by atoms with Gasteiger partial charge >= 0.3 is 18.1 Å². The van der Waals surface area contributed by atoms with Gasteiger partial charge in [0.1, 0.15) is 4.88 Å². The molecule has 2 heterocycles. The first-order valence-electron chi connectivity index (χ1n) is 6.18. The van der Waals surface area contributed by atoms with Crippen LogP contribution in [-0.4, -0.2) is 59.1 Å². The maximum Gasteiger partial charge on any atom is 0.471 e. The summed E-state index contributed by atoms with van der Waals surface area (Å²) in [6.45, 7) is 1.20. The summed E-state index contributed by atoms with van der Waals surface area (Å²) in [5.74, 6) is -2.79. The van der Waals surface area contributed by atoms with E-state index < -0.39 is 18.1 Å². The number of carbonyl (C=O) groups is 2. The Balaban J connectivity index is 1.86. The fourth-order valence-corrected chi connectivity index (χ4v) is 2.98. The van der Waals surface area contributed by atoms with Gasteiger partial charge < -0.3 is 10.0 Å². The molecule has 0 aliphatic carbocycles. The van der Waals surface area contributed by atoms with E-state index in [1.165, 1.54) is 6.07 Å². The quantitative estimate of drug-likeness (QED) is 0.919. The first-order valence-corrected chi connectivity index (χ1v) is 6.99. The zero-order chi connectivity index (χ0) is 15.6. The van der Waals surface area contributed by atoms with E-state index in [1.54, 1.807) is 6.07 Å². The summed E-state index contributed by atoms with van der Waals surface area (Å²) in [6, 6.07) is 3.20. The second-order valence-corrected chi connectivity index (χ2v) is 5.81. The topological polar surface area (TPSA) is 60.9 Å². The Labute approximate surface area is 122 Å². The second-order valence-electron chi connectivity index (χ2n) is 4.64. The fourth-order valence-electron chi connectivity index (χ4n) is 2.09. The van der Waals surface area contributed by atoms with Crippen molar-refractivity contribution in [1.82, 2.24) is 9.80 Å². The summed E-state index contributed by atoms with van der Waals surface area (Å²) in [6.07, 6.45) is -4.83. The molecule has 5 nitrogen and oxygen atoms in total. The molecule has 0 saturated carbocycles. The molecule has 0 atom stereocenters. The molecule has 1 saturated heterocycles. The van der Waals surface area contributed by atoms with Crippen LogP contribution >= 0.6 is 11.3 Å². The third-order valence-corrected chi connectivity index (χ3v) is 4.21. The highest BCUT2D eigenvalue weighted by Gasteiger charge is 2.43. The molecule has 1 aliphatic heterocycles. The van der Waals surface area contributed by atoms with E-state index in [0.717, 1.165) is 21.1 Å². The lowest BCUT2D eigenvalue weighted by Gasteiger charge is -2.34. The molecule has 1 aliphatic rings. The van der Waals surface area contributed by atoms with Gasteiger partial charge in [-0.1, -0.05) is 0 Å². The molecular weight excluding hydrogens is 309 g/mol. The van der Waals surface area contributed by atoms with Crippen molar-refractivity contribution >= 4 is 23.2 Å². The zero-order valence-electron chi connectivity index (χ0n) is 10.9. The number of aromatic carboxylic acids is 1. The van der Waals surface area contributed by atoms with E-state index in [9.17, 15) is 22.8 Å². The van der Waals surface area contributed by atoms with Gasteiger partial charge in [-0.25, -0.2) is 4.79 Å². The van der Waals surface area contributed by atoms with Crippen molar-refractivity contribution in [3.05, 3.63) is 21.9 Å². The molecule has 0 unspecified atom stereocenters. The van der Waals surface area contributed by atoms with Gasteiger partial charge in [0.15, 0.2) is 0 Å². The molecular formula is C12H13F3N2O3S. The summed E-state index contributed by atoms with van der Waals surface area (Å²) >= 11 is 1.14. The van der Waals surface area contributed by atoms with Crippen LogP contribution in [0.15, 0.2) is 12.1 Å². The molecule has 0 bridgehead atoms. The number of hydrogen-bond donors (Lipinski definition) is 1. The Kier molecular flexibility index (Phi) is 4.52. The number of rotatable bonds is 3. The smallest absolute Gasteiger partial charge is 0.471 e. The number of nitrogens with zero attached hydrogens (tertiary/aromatic N) is 2. The van der Waals surface area contributed by atoms with Crippen LogP contribution in [0.25, 0.3) is 0 Å². The SMILES string of the molecule is O=C(O)c1ccc(CN2CCN(C(=O)C(F)(F)F)CC2)s1. The standard InChI is InChI=1S/C12H13F3N2O3S/c13-12(14,15)11(20)17-5-3-16(4-6-17)7-8-1-2-9(21-8)10(18)19/h1-2H,3-7H2,(H,18,19). The molecule has 0 radical (unpaired) electrons. The molecule has 21 heavy (non-hydrogen) atoms. The normalized spacial score (nSPS) is 17.0. The summed E-state index contributed by atoms with van der Waals surface area (Å²) in [7, 11) is 0. The third kappa shape index (κ3) is 3.94. The lowest BCUT2D eigenvalue weighted by Crippen LogP contribution is -2.51. The summed E-state index contributed by atoms with van der Waals surface area (Å²) < 4.78 is 36.9. The molecule has 1 fully saturated rings. The van der Waals surface area contributed by atoms with E-state index in [1.807, 2.05) is 4.90 Å². The monoisotopic (exact) mass is 322 g/mol. The molecule has 0 spiro atoms. The zero-order valence-corrected chi connectivity index (χ0v) is 11.7. The lowest BCUT2D eigenvalue weighted by atomic mass is 10.3.